The third-order valence-electron chi connectivity index (χ3n) is 6.89. The van der Waals surface area contributed by atoms with Crippen molar-refractivity contribution < 1.29 is 27.5 Å². The molecule has 0 radical (unpaired) electrons. The number of fused-ring (bicyclic) bond motifs is 1. The van der Waals surface area contributed by atoms with Gasteiger partial charge in [-0.1, -0.05) is 11.6 Å². The Morgan fingerprint density at radius 2 is 1.91 bits per heavy atom. The van der Waals surface area contributed by atoms with Gasteiger partial charge in [0.05, 0.1) is 18.0 Å². The maximum absolute atomic E-state index is 13.1. The number of urea groups is 1. The Balaban J connectivity index is 1.36. The highest BCUT2D eigenvalue weighted by molar-refractivity contribution is 7.91. The van der Waals surface area contributed by atoms with Crippen LogP contribution < -0.4 is 15.4 Å². The number of sulfonamides is 1. The van der Waals surface area contributed by atoms with Gasteiger partial charge in [-0.2, -0.15) is 4.31 Å². The lowest BCUT2D eigenvalue weighted by atomic mass is 9.77. The monoisotopic (exact) mass is 538 g/mol. The van der Waals surface area contributed by atoms with E-state index in [2.05, 4.69) is 10.6 Å². The maximum atomic E-state index is 13.1. The van der Waals surface area contributed by atoms with Crippen molar-refractivity contribution in [2.24, 2.45) is 5.92 Å². The van der Waals surface area contributed by atoms with Crippen molar-refractivity contribution in [1.82, 2.24) is 19.8 Å². The van der Waals surface area contributed by atoms with E-state index in [1.165, 1.54) is 10.4 Å². The lowest BCUT2D eigenvalue weighted by Crippen LogP contribution is -2.62. The van der Waals surface area contributed by atoms with Crippen molar-refractivity contribution >= 4 is 50.8 Å². The summed E-state index contributed by atoms with van der Waals surface area (Å²) in [6, 6.07) is 7.58. The fraction of sp³-hybridized carbons (Fsp3) is 0.409. The third kappa shape index (κ3) is 4.07. The fourth-order valence-electron chi connectivity index (χ4n) is 5.10. The standard InChI is InChI=1S/C22H23ClN4O6S2/c1-33-15-2-3-16-13(10-15)11-26(19(16)28)12-22(20(29)24-21(30)25-22)14-6-8-27(9-7-14)35(31,32)18-5-4-17(23)34-18/h2-5,10,14H,6-9,11-12H2,1H3,(H2,24,25,29,30). The first-order chi connectivity index (χ1) is 16.6. The van der Waals surface area contributed by atoms with E-state index in [-0.39, 0.29) is 42.2 Å². The van der Waals surface area contributed by atoms with Crippen molar-refractivity contribution in [3.8, 4) is 5.75 Å². The average molecular weight is 539 g/mol. The van der Waals surface area contributed by atoms with Crippen LogP contribution in [0.15, 0.2) is 34.5 Å². The number of hydrogen-bond donors (Lipinski definition) is 2. The zero-order valence-electron chi connectivity index (χ0n) is 18.7. The molecule has 0 bridgehead atoms. The van der Waals surface area contributed by atoms with Gasteiger partial charge in [0.2, 0.25) is 0 Å². The highest BCUT2D eigenvalue weighted by atomic mass is 35.5. The number of carbonyl (C=O) groups is 3. The number of nitrogens with one attached hydrogen (secondary N) is 2. The molecule has 13 heteroatoms. The molecule has 2 fully saturated rings. The number of benzene rings is 1. The van der Waals surface area contributed by atoms with Gasteiger partial charge in [-0.05, 0) is 54.7 Å². The number of nitrogens with zero attached hydrogens (tertiary/aromatic N) is 2. The van der Waals surface area contributed by atoms with Crippen molar-refractivity contribution in [3.63, 3.8) is 0 Å². The van der Waals surface area contributed by atoms with Gasteiger partial charge in [-0.25, -0.2) is 13.2 Å². The SMILES string of the molecule is COc1ccc2c(c1)CN(CC1(C3CCN(S(=O)(=O)c4ccc(Cl)s4)CC3)NC(=O)NC1=O)C2=O. The molecule has 1 unspecified atom stereocenters. The van der Waals surface area contributed by atoms with E-state index in [4.69, 9.17) is 16.3 Å². The molecule has 4 amide bonds. The summed E-state index contributed by atoms with van der Waals surface area (Å²) in [6.07, 6.45) is 0.684. The van der Waals surface area contributed by atoms with Gasteiger partial charge in [-0.3, -0.25) is 14.9 Å². The summed E-state index contributed by atoms with van der Waals surface area (Å²) >= 11 is 6.91. The van der Waals surface area contributed by atoms with Crippen LogP contribution in [0.2, 0.25) is 4.34 Å². The normalized spacial score (nSPS) is 23.4. The molecule has 2 aromatic rings. The minimum absolute atomic E-state index is 0.0155. The number of thiophene rings is 1. The first kappa shape index (κ1) is 24.0. The Bertz CT molecular complexity index is 1320. The number of ether oxygens (including phenoxy) is 1. The van der Waals surface area contributed by atoms with E-state index >= 15 is 0 Å². The zero-order chi connectivity index (χ0) is 25.0. The predicted octanol–water partition coefficient (Wildman–Crippen LogP) is 2.04. The van der Waals surface area contributed by atoms with Gasteiger partial charge in [0.25, 0.3) is 21.8 Å². The summed E-state index contributed by atoms with van der Waals surface area (Å²) in [7, 11) is -2.16. The Hall–Kier alpha value is -2.67. The summed E-state index contributed by atoms with van der Waals surface area (Å²) in [4.78, 5) is 39.9. The number of rotatable bonds is 6. The molecular weight excluding hydrogens is 516 g/mol. The molecule has 1 aromatic carbocycles. The minimum atomic E-state index is -3.70. The largest absolute Gasteiger partial charge is 0.497 e. The van der Waals surface area contributed by atoms with Crippen LogP contribution in [0, 0.1) is 5.92 Å². The summed E-state index contributed by atoms with van der Waals surface area (Å²) in [5, 5.41) is 5.08. The number of hydrogen-bond acceptors (Lipinski definition) is 7. The minimum Gasteiger partial charge on any atom is -0.497 e. The summed E-state index contributed by atoms with van der Waals surface area (Å²) in [5.41, 5.74) is -0.0352. The van der Waals surface area contributed by atoms with Gasteiger partial charge >= 0.3 is 6.03 Å². The van der Waals surface area contributed by atoms with E-state index in [0.717, 1.165) is 16.9 Å². The van der Waals surface area contributed by atoms with Crippen LogP contribution in [0.4, 0.5) is 4.79 Å². The Morgan fingerprint density at radius 3 is 2.51 bits per heavy atom. The van der Waals surface area contributed by atoms with E-state index in [1.54, 1.807) is 36.3 Å². The lowest BCUT2D eigenvalue weighted by molar-refractivity contribution is -0.127. The summed E-state index contributed by atoms with van der Waals surface area (Å²) < 4.78 is 33.2. The van der Waals surface area contributed by atoms with Crippen molar-refractivity contribution in [2.75, 3.05) is 26.7 Å². The number of carbonyl (C=O) groups excluding carboxylic acids is 3. The molecule has 3 aliphatic rings. The van der Waals surface area contributed by atoms with Gasteiger partial charge in [0.1, 0.15) is 15.5 Å². The molecule has 4 heterocycles. The Morgan fingerprint density at radius 1 is 1.17 bits per heavy atom. The van der Waals surface area contributed by atoms with E-state index in [9.17, 15) is 22.8 Å². The van der Waals surface area contributed by atoms with Gasteiger partial charge in [0, 0.05) is 25.2 Å². The van der Waals surface area contributed by atoms with E-state index < -0.39 is 27.5 Å². The molecule has 0 aliphatic carbocycles. The van der Waals surface area contributed by atoms with Crippen molar-refractivity contribution in [1.29, 1.82) is 0 Å². The number of halogens is 1. The fourth-order valence-corrected chi connectivity index (χ4v) is 8.21. The van der Waals surface area contributed by atoms with Crippen LogP contribution in [0.3, 0.4) is 0 Å². The van der Waals surface area contributed by atoms with Crippen LogP contribution in [0.5, 0.6) is 5.75 Å². The molecule has 5 rings (SSSR count). The van der Waals surface area contributed by atoms with Crippen molar-refractivity contribution in [2.45, 2.75) is 29.1 Å². The van der Waals surface area contributed by atoms with Gasteiger partial charge < -0.3 is 15.0 Å². The highest BCUT2D eigenvalue weighted by Crippen LogP contribution is 2.37. The predicted molar refractivity (Wildman–Crippen MR) is 128 cm³/mol. The number of methoxy groups -OCH3 is 1. The van der Waals surface area contributed by atoms with E-state index in [1.807, 2.05) is 0 Å². The van der Waals surface area contributed by atoms with Crippen LogP contribution in [-0.4, -0.2) is 67.8 Å². The Kier molecular flexibility index (Phi) is 6.02. The van der Waals surface area contributed by atoms with Gasteiger partial charge in [-0.15, -0.1) is 11.3 Å². The molecule has 186 valence electrons. The molecule has 1 aromatic heterocycles. The summed E-state index contributed by atoms with van der Waals surface area (Å²) in [6.45, 7) is 0.624. The van der Waals surface area contributed by atoms with E-state index in [0.29, 0.717) is 28.5 Å². The molecule has 0 spiro atoms. The molecule has 3 aliphatic heterocycles. The first-order valence-corrected chi connectivity index (χ1v) is 13.6. The molecular formula is C22H23ClN4O6S2. The first-order valence-electron chi connectivity index (χ1n) is 11.0. The van der Waals surface area contributed by atoms with Crippen molar-refractivity contribution in [3.05, 3.63) is 45.8 Å². The third-order valence-corrected chi connectivity index (χ3v) is 10.5. The van der Waals surface area contributed by atoms with Crippen LogP contribution >= 0.6 is 22.9 Å². The quantitative estimate of drug-likeness (QED) is 0.542. The molecule has 2 saturated heterocycles. The average Bonchev–Trinajstić information content (AvgIpc) is 3.50. The number of imide groups is 1. The smallest absolute Gasteiger partial charge is 0.322 e. The number of piperidine rings is 1. The molecule has 35 heavy (non-hydrogen) atoms. The molecule has 1 atom stereocenters. The molecule has 0 saturated carbocycles. The Labute approximate surface area is 211 Å². The highest BCUT2D eigenvalue weighted by Gasteiger charge is 2.54. The van der Waals surface area contributed by atoms with Crippen LogP contribution in [-0.2, 0) is 21.4 Å². The van der Waals surface area contributed by atoms with Crippen LogP contribution in [0.1, 0.15) is 28.8 Å². The topological polar surface area (TPSA) is 125 Å². The summed E-state index contributed by atoms with van der Waals surface area (Å²) in [5.74, 6) is -0.472. The second-order valence-electron chi connectivity index (χ2n) is 8.80. The second kappa shape index (κ2) is 8.77. The van der Waals surface area contributed by atoms with Crippen LogP contribution in [0.25, 0.3) is 0 Å². The maximum Gasteiger partial charge on any atom is 0.322 e. The lowest BCUT2D eigenvalue weighted by Gasteiger charge is -2.41. The second-order valence-corrected chi connectivity index (χ2v) is 12.7. The molecule has 2 N–H and O–H groups in total. The zero-order valence-corrected chi connectivity index (χ0v) is 21.1. The molecule has 10 nitrogen and oxygen atoms in total. The van der Waals surface area contributed by atoms with Gasteiger partial charge in [0.15, 0.2) is 0 Å². The number of amides is 4.